The number of aryl methyl sites for hydroxylation is 1. The summed E-state index contributed by atoms with van der Waals surface area (Å²) < 4.78 is 17.0. The molecule has 0 radical (unpaired) electrons. The van der Waals surface area contributed by atoms with Crippen LogP contribution >= 0.6 is 0 Å². The Bertz CT molecular complexity index is 1540. The van der Waals surface area contributed by atoms with Gasteiger partial charge in [-0.25, -0.2) is 9.78 Å². The number of nitrogens with zero attached hydrogens (tertiary/aromatic N) is 3. The van der Waals surface area contributed by atoms with Gasteiger partial charge in [0, 0.05) is 5.56 Å². The number of rotatable bonds is 8. The zero-order valence-electron chi connectivity index (χ0n) is 21.5. The number of carbonyl (C=O) groups is 1. The summed E-state index contributed by atoms with van der Waals surface area (Å²) in [4.78, 5) is 29.8. The molecule has 37 heavy (non-hydrogen) atoms. The lowest BCUT2D eigenvalue weighted by Gasteiger charge is -2.17. The molecule has 0 fully saturated rings. The predicted molar refractivity (Wildman–Crippen MR) is 144 cm³/mol. The van der Waals surface area contributed by atoms with Gasteiger partial charge in [0.05, 0.1) is 31.3 Å². The van der Waals surface area contributed by atoms with Gasteiger partial charge in [0.25, 0.3) is 5.56 Å². The van der Waals surface area contributed by atoms with Crippen LogP contribution in [0.2, 0.25) is 0 Å². The molecule has 0 aliphatic rings. The minimum absolute atomic E-state index is 0.200. The van der Waals surface area contributed by atoms with Crippen LogP contribution in [0.3, 0.4) is 0 Å². The lowest BCUT2D eigenvalue weighted by molar-refractivity contribution is -0.142. The molecule has 0 atom stereocenters. The van der Waals surface area contributed by atoms with Crippen LogP contribution in [0.1, 0.15) is 36.5 Å². The summed E-state index contributed by atoms with van der Waals surface area (Å²) in [5, 5.41) is 5.02. The summed E-state index contributed by atoms with van der Waals surface area (Å²) in [5.41, 5.74) is 3.70. The minimum Gasteiger partial charge on any atom is -0.496 e. The van der Waals surface area contributed by atoms with Gasteiger partial charge >= 0.3 is 5.97 Å². The first-order valence-corrected chi connectivity index (χ1v) is 11.9. The molecule has 8 nitrogen and oxygen atoms in total. The molecule has 0 N–H and O–H groups in total. The molecule has 3 aromatic carbocycles. The van der Waals surface area contributed by atoms with Crippen LogP contribution in [0.25, 0.3) is 22.3 Å². The molecule has 0 aliphatic carbocycles. The van der Waals surface area contributed by atoms with E-state index < -0.39 is 5.97 Å². The van der Waals surface area contributed by atoms with Gasteiger partial charge in [-0.05, 0) is 65.9 Å². The van der Waals surface area contributed by atoms with Crippen molar-refractivity contribution in [3.63, 3.8) is 0 Å². The fraction of sp³-hybridized carbons (Fsp3) is 0.241. The summed E-state index contributed by atoms with van der Waals surface area (Å²) in [7, 11) is 2.95. The van der Waals surface area contributed by atoms with E-state index in [0.717, 1.165) is 22.4 Å². The van der Waals surface area contributed by atoms with Gasteiger partial charge in [0.1, 0.15) is 11.5 Å². The third-order valence-corrected chi connectivity index (χ3v) is 5.96. The number of esters is 1. The number of hydrogen-bond donors (Lipinski definition) is 0. The lowest BCUT2D eigenvalue weighted by atomic mass is 9.96. The Morgan fingerprint density at radius 3 is 2.59 bits per heavy atom. The van der Waals surface area contributed by atoms with Crippen molar-refractivity contribution in [2.24, 2.45) is 5.10 Å². The molecule has 4 aromatic rings. The van der Waals surface area contributed by atoms with Crippen LogP contribution in [-0.2, 0) is 9.53 Å². The van der Waals surface area contributed by atoms with Gasteiger partial charge in [-0.3, -0.25) is 4.79 Å². The van der Waals surface area contributed by atoms with Crippen LogP contribution in [0, 0.1) is 6.92 Å². The van der Waals surface area contributed by atoms with Gasteiger partial charge < -0.3 is 14.2 Å². The Balaban J connectivity index is 1.85. The van der Waals surface area contributed by atoms with Crippen molar-refractivity contribution in [2.45, 2.75) is 26.7 Å². The molecule has 190 valence electrons. The first-order chi connectivity index (χ1) is 17.8. The molecule has 1 aromatic heterocycles. The van der Waals surface area contributed by atoms with E-state index in [9.17, 15) is 9.59 Å². The molecule has 0 saturated carbocycles. The minimum atomic E-state index is -0.479. The highest BCUT2D eigenvalue weighted by atomic mass is 16.6. The number of aromatic nitrogens is 2. The zero-order valence-corrected chi connectivity index (χ0v) is 21.5. The highest BCUT2D eigenvalue weighted by molar-refractivity contribution is 5.83. The molecule has 0 spiro atoms. The molecule has 0 bridgehead atoms. The van der Waals surface area contributed by atoms with E-state index in [1.54, 1.807) is 43.7 Å². The molecule has 8 heteroatoms. The summed E-state index contributed by atoms with van der Waals surface area (Å²) >= 11 is 0. The predicted octanol–water partition coefficient (Wildman–Crippen LogP) is 4.94. The monoisotopic (exact) mass is 499 g/mol. The SMILES string of the molecule is COC(=O)COc1cccc(C=Nn2c(-c3cc(C(C)C)c(OC)cc3C)nc3ccccc3c2=O)c1. The zero-order chi connectivity index (χ0) is 26.5. The Labute approximate surface area is 215 Å². The van der Waals surface area contributed by atoms with Gasteiger partial charge in [0.2, 0.25) is 0 Å². The maximum atomic E-state index is 13.6. The molecule has 0 saturated heterocycles. The molecule has 4 rings (SSSR count). The Morgan fingerprint density at radius 1 is 1.08 bits per heavy atom. The third-order valence-electron chi connectivity index (χ3n) is 5.96. The molecular weight excluding hydrogens is 470 g/mol. The van der Waals surface area contributed by atoms with Gasteiger partial charge in [-0.1, -0.05) is 38.1 Å². The average Bonchev–Trinajstić information content (AvgIpc) is 2.91. The van der Waals surface area contributed by atoms with Crippen molar-refractivity contribution in [1.82, 2.24) is 9.66 Å². The lowest BCUT2D eigenvalue weighted by Crippen LogP contribution is -2.20. The van der Waals surface area contributed by atoms with Gasteiger partial charge in [-0.2, -0.15) is 9.78 Å². The van der Waals surface area contributed by atoms with E-state index in [4.69, 9.17) is 14.5 Å². The number of carbonyl (C=O) groups excluding carboxylic acids is 1. The molecule has 0 unspecified atom stereocenters. The quantitative estimate of drug-likeness (QED) is 0.252. The molecule has 0 aliphatic heterocycles. The van der Waals surface area contributed by atoms with Crippen LogP contribution in [0.15, 0.2) is 70.6 Å². The van der Waals surface area contributed by atoms with E-state index in [0.29, 0.717) is 28.0 Å². The Morgan fingerprint density at radius 2 is 1.86 bits per heavy atom. The topological polar surface area (TPSA) is 92.0 Å². The van der Waals surface area contributed by atoms with Crippen molar-refractivity contribution < 1.29 is 19.0 Å². The van der Waals surface area contributed by atoms with Crippen LogP contribution < -0.4 is 15.0 Å². The number of methoxy groups -OCH3 is 2. The van der Waals surface area contributed by atoms with E-state index in [-0.39, 0.29) is 18.1 Å². The third kappa shape index (κ3) is 5.53. The fourth-order valence-electron chi connectivity index (χ4n) is 3.98. The van der Waals surface area contributed by atoms with Crippen LogP contribution in [0.5, 0.6) is 11.5 Å². The molecule has 0 amide bonds. The highest BCUT2D eigenvalue weighted by Crippen LogP contribution is 2.34. The second-order valence-corrected chi connectivity index (χ2v) is 8.82. The summed E-state index contributed by atoms with van der Waals surface area (Å²) in [6, 6.07) is 18.2. The second kappa shape index (κ2) is 11.1. The van der Waals surface area contributed by atoms with Crippen molar-refractivity contribution in [3.8, 4) is 22.9 Å². The van der Waals surface area contributed by atoms with Crippen LogP contribution in [-0.4, -0.2) is 42.7 Å². The van der Waals surface area contributed by atoms with Crippen LogP contribution in [0.4, 0.5) is 0 Å². The largest absolute Gasteiger partial charge is 0.496 e. The average molecular weight is 500 g/mol. The first-order valence-electron chi connectivity index (χ1n) is 11.9. The van der Waals surface area contributed by atoms with Crippen molar-refractivity contribution in [1.29, 1.82) is 0 Å². The Kier molecular flexibility index (Phi) is 7.67. The summed E-state index contributed by atoms with van der Waals surface area (Å²) in [6.45, 7) is 5.93. The van der Waals surface area contributed by atoms with E-state index in [2.05, 4.69) is 23.7 Å². The highest BCUT2D eigenvalue weighted by Gasteiger charge is 2.18. The van der Waals surface area contributed by atoms with E-state index >= 15 is 0 Å². The van der Waals surface area contributed by atoms with E-state index in [1.807, 2.05) is 37.3 Å². The van der Waals surface area contributed by atoms with Crippen molar-refractivity contribution in [3.05, 3.63) is 87.7 Å². The van der Waals surface area contributed by atoms with E-state index in [1.165, 1.54) is 11.8 Å². The maximum absolute atomic E-state index is 13.6. The Hall–Kier alpha value is -4.46. The maximum Gasteiger partial charge on any atom is 0.343 e. The number of benzene rings is 3. The standard InChI is InChI=1S/C29H29N3O5/c1-18(2)23-15-24(19(3)13-26(23)35-4)28-31-25-12-7-6-11-22(25)29(34)32(28)30-16-20-9-8-10-21(14-20)37-17-27(33)36-5/h6-16,18H,17H2,1-5H3. The van der Waals surface area contributed by atoms with Crippen molar-refractivity contribution in [2.75, 3.05) is 20.8 Å². The number of hydrogen-bond acceptors (Lipinski definition) is 7. The number of ether oxygens (including phenoxy) is 3. The van der Waals surface area contributed by atoms with Gasteiger partial charge in [-0.15, -0.1) is 0 Å². The van der Waals surface area contributed by atoms with Gasteiger partial charge in [0.15, 0.2) is 12.4 Å². The second-order valence-electron chi connectivity index (χ2n) is 8.82. The van der Waals surface area contributed by atoms with Crippen molar-refractivity contribution >= 4 is 23.1 Å². The first kappa shape index (κ1) is 25.6. The summed E-state index contributed by atoms with van der Waals surface area (Å²) in [6.07, 6.45) is 1.56. The summed E-state index contributed by atoms with van der Waals surface area (Å²) in [5.74, 6) is 1.42. The molecular formula is C29H29N3O5. The normalized spacial score (nSPS) is 11.3. The number of fused-ring (bicyclic) bond motifs is 1. The fourth-order valence-corrected chi connectivity index (χ4v) is 3.98. The smallest absolute Gasteiger partial charge is 0.343 e. The molecule has 1 heterocycles. The number of para-hydroxylation sites is 1.